The van der Waals surface area contributed by atoms with Crippen molar-refractivity contribution in [2.24, 2.45) is 0 Å². The molecule has 0 fully saturated rings. The lowest BCUT2D eigenvalue weighted by atomic mass is 10.5. The summed E-state index contributed by atoms with van der Waals surface area (Å²) < 4.78 is 18.9. The topological polar surface area (TPSA) is 54.0 Å². The summed E-state index contributed by atoms with van der Waals surface area (Å²) in [5.41, 5.74) is 0. The van der Waals surface area contributed by atoms with Crippen LogP contribution in [-0.2, 0) is 23.7 Å². The number of ether oxygens (including phenoxy) is 4. The van der Waals surface area contributed by atoms with E-state index in [1.54, 1.807) is 6.92 Å². The Morgan fingerprint density at radius 2 is 1.58 bits per heavy atom. The average Bonchev–Trinajstić information content (AvgIpc) is 2.09. The zero-order valence-corrected chi connectivity index (χ0v) is 7.75. The van der Waals surface area contributed by atoms with Crippen LogP contribution in [0.3, 0.4) is 0 Å². The number of carbonyl (C=O) groups excluding carboxylic acids is 1. The zero-order chi connectivity index (χ0) is 9.61. The van der Waals surface area contributed by atoms with Crippen LogP contribution >= 0.6 is 0 Å². The standard InChI is InChI=1S/C7H14O5/c1-5-12-6(8)7(9-2,10-3)11-4/h5H2,1-4H3. The highest BCUT2D eigenvalue weighted by Crippen LogP contribution is 2.13. The van der Waals surface area contributed by atoms with E-state index in [9.17, 15) is 4.79 Å². The van der Waals surface area contributed by atoms with Crippen LogP contribution in [-0.4, -0.2) is 39.9 Å². The first-order valence-electron chi connectivity index (χ1n) is 3.49. The van der Waals surface area contributed by atoms with Gasteiger partial charge in [0.05, 0.1) is 6.61 Å². The van der Waals surface area contributed by atoms with Crippen LogP contribution in [0, 0.1) is 0 Å². The number of hydrogen-bond donors (Lipinski definition) is 0. The van der Waals surface area contributed by atoms with Crippen molar-refractivity contribution in [3.63, 3.8) is 0 Å². The molecule has 0 aliphatic carbocycles. The first-order valence-corrected chi connectivity index (χ1v) is 3.49. The van der Waals surface area contributed by atoms with Crippen molar-refractivity contribution < 1.29 is 23.7 Å². The van der Waals surface area contributed by atoms with Gasteiger partial charge in [0.25, 0.3) is 0 Å². The monoisotopic (exact) mass is 178 g/mol. The maximum Gasteiger partial charge on any atom is 0.398 e. The third-order valence-corrected chi connectivity index (χ3v) is 1.33. The second-order valence-corrected chi connectivity index (χ2v) is 1.89. The smallest absolute Gasteiger partial charge is 0.398 e. The molecule has 0 aliphatic heterocycles. The Kier molecular flexibility index (Phi) is 4.80. The summed E-state index contributed by atoms with van der Waals surface area (Å²) in [7, 11) is 3.89. The molecule has 0 unspecified atom stereocenters. The molecule has 0 aromatic carbocycles. The lowest BCUT2D eigenvalue weighted by Crippen LogP contribution is -2.45. The van der Waals surface area contributed by atoms with Crippen molar-refractivity contribution in [1.29, 1.82) is 0 Å². The van der Waals surface area contributed by atoms with Crippen molar-refractivity contribution >= 4 is 5.97 Å². The number of rotatable bonds is 5. The number of hydrogen-bond acceptors (Lipinski definition) is 5. The van der Waals surface area contributed by atoms with Crippen LogP contribution < -0.4 is 0 Å². The Morgan fingerprint density at radius 1 is 1.17 bits per heavy atom. The van der Waals surface area contributed by atoms with E-state index in [-0.39, 0.29) is 6.61 Å². The molecule has 0 saturated heterocycles. The summed E-state index contributed by atoms with van der Waals surface area (Å²) in [6.07, 6.45) is 0. The fourth-order valence-electron chi connectivity index (χ4n) is 0.719. The van der Waals surface area contributed by atoms with Crippen molar-refractivity contribution in [3.8, 4) is 0 Å². The van der Waals surface area contributed by atoms with Gasteiger partial charge in [0.2, 0.25) is 0 Å². The fourth-order valence-corrected chi connectivity index (χ4v) is 0.719. The molecule has 0 aliphatic rings. The molecule has 12 heavy (non-hydrogen) atoms. The Morgan fingerprint density at radius 3 is 1.83 bits per heavy atom. The highest BCUT2D eigenvalue weighted by Gasteiger charge is 2.41. The van der Waals surface area contributed by atoms with Crippen molar-refractivity contribution in [3.05, 3.63) is 0 Å². The lowest BCUT2D eigenvalue weighted by molar-refractivity contribution is -0.338. The van der Waals surface area contributed by atoms with E-state index in [0.29, 0.717) is 0 Å². The van der Waals surface area contributed by atoms with Gasteiger partial charge in [-0.15, -0.1) is 0 Å². The summed E-state index contributed by atoms with van der Waals surface area (Å²) in [6.45, 7) is 1.93. The molecule has 0 amide bonds. The molecule has 0 atom stereocenters. The van der Waals surface area contributed by atoms with Gasteiger partial charge in [0.15, 0.2) is 0 Å². The third kappa shape index (κ3) is 2.17. The summed E-state index contributed by atoms with van der Waals surface area (Å²) in [4.78, 5) is 11.2. The molecule has 0 N–H and O–H groups in total. The van der Waals surface area contributed by atoms with Crippen molar-refractivity contribution in [2.45, 2.75) is 12.9 Å². The molecule has 0 heterocycles. The van der Waals surface area contributed by atoms with E-state index < -0.39 is 11.9 Å². The van der Waals surface area contributed by atoms with Crippen LogP contribution in [0.1, 0.15) is 6.92 Å². The highest BCUT2D eigenvalue weighted by molar-refractivity contribution is 5.76. The van der Waals surface area contributed by atoms with E-state index in [1.165, 1.54) is 21.3 Å². The maximum absolute atomic E-state index is 11.2. The first kappa shape index (κ1) is 11.4. The van der Waals surface area contributed by atoms with Gasteiger partial charge in [0, 0.05) is 21.3 Å². The minimum atomic E-state index is -1.73. The van der Waals surface area contributed by atoms with Crippen LogP contribution in [0.15, 0.2) is 0 Å². The normalized spacial score (nSPS) is 11.3. The summed E-state index contributed by atoms with van der Waals surface area (Å²) in [6, 6.07) is 0. The number of methoxy groups -OCH3 is 3. The average molecular weight is 178 g/mol. The largest absolute Gasteiger partial charge is 0.460 e. The Bertz CT molecular complexity index is 132. The van der Waals surface area contributed by atoms with Gasteiger partial charge < -0.3 is 18.9 Å². The van der Waals surface area contributed by atoms with Gasteiger partial charge >= 0.3 is 11.9 Å². The summed E-state index contributed by atoms with van der Waals surface area (Å²) >= 11 is 0. The van der Waals surface area contributed by atoms with E-state index in [1.807, 2.05) is 0 Å². The predicted octanol–water partition coefficient (Wildman–Crippen LogP) is 0.142. The second-order valence-electron chi connectivity index (χ2n) is 1.89. The second kappa shape index (κ2) is 5.08. The van der Waals surface area contributed by atoms with Crippen molar-refractivity contribution in [1.82, 2.24) is 0 Å². The van der Waals surface area contributed by atoms with Crippen LogP contribution in [0.5, 0.6) is 0 Å². The Balaban J connectivity index is 4.36. The number of carbonyl (C=O) groups is 1. The summed E-state index contributed by atoms with van der Waals surface area (Å²) in [5.74, 6) is -2.42. The zero-order valence-electron chi connectivity index (χ0n) is 7.75. The molecule has 0 radical (unpaired) electrons. The van der Waals surface area contributed by atoms with E-state index in [2.05, 4.69) is 4.74 Å². The van der Waals surface area contributed by atoms with Crippen LogP contribution in [0.2, 0.25) is 0 Å². The molecule has 0 spiro atoms. The van der Waals surface area contributed by atoms with Gasteiger partial charge in [-0.25, -0.2) is 4.79 Å². The summed E-state index contributed by atoms with van der Waals surface area (Å²) in [5, 5.41) is 0. The maximum atomic E-state index is 11.2. The quantitative estimate of drug-likeness (QED) is 0.443. The Labute approximate surface area is 71.5 Å². The van der Waals surface area contributed by atoms with Crippen LogP contribution in [0.25, 0.3) is 0 Å². The van der Waals surface area contributed by atoms with Gasteiger partial charge in [-0.05, 0) is 6.92 Å². The number of esters is 1. The van der Waals surface area contributed by atoms with Gasteiger partial charge in [-0.1, -0.05) is 0 Å². The van der Waals surface area contributed by atoms with Gasteiger partial charge in [0.1, 0.15) is 0 Å². The molecule has 0 aromatic heterocycles. The molecule has 0 bridgehead atoms. The molecular weight excluding hydrogens is 164 g/mol. The lowest BCUT2D eigenvalue weighted by Gasteiger charge is -2.25. The van der Waals surface area contributed by atoms with Gasteiger partial charge in [-0.3, -0.25) is 0 Å². The predicted molar refractivity (Wildman–Crippen MR) is 40.4 cm³/mol. The van der Waals surface area contributed by atoms with E-state index >= 15 is 0 Å². The SMILES string of the molecule is CCOC(=O)C(OC)(OC)OC. The van der Waals surface area contributed by atoms with Crippen molar-refractivity contribution in [2.75, 3.05) is 27.9 Å². The molecule has 0 saturated carbocycles. The van der Waals surface area contributed by atoms with E-state index in [0.717, 1.165) is 0 Å². The first-order chi connectivity index (χ1) is 5.66. The third-order valence-electron chi connectivity index (χ3n) is 1.33. The molecule has 5 nitrogen and oxygen atoms in total. The molecule has 0 aromatic rings. The highest BCUT2D eigenvalue weighted by atomic mass is 16.9. The molecular formula is C7H14O5. The molecule has 5 heteroatoms. The molecule has 72 valence electrons. The Hall–Kier alpha value is -0.650. The van der Waals surface area contributed by atoms with Crippen LogP contribution in [0.4, 0.5) is 0 Å². The minimum Gasteiger partial charge on any atom is -0.460 e. The molecule has 0 rings (SSSR count). The van der Waals surface area contributed by atoms with E-state index in [4.69, 9.17) is 14.2 Å². The minimum absolute atomic E-state index is 0.247. The van der Waals surface area contributed by atoms with Gasteiger partial charge in [-0.2, -0.15) is 0 Å². The fraction of sp³-hybridized carbons (Fsp3) is 0.857.